The SMILES string of the molecule is OCCc1ccccc1Nc1cc[nH]c1-c1ccccc1. The van der Waals surface area contributed by atoms with Crippen molar-refractivity contribution in [1.29, 1.82) is 0 Å². The molecule has 21 heavy (non-hydrogen) atoms. The van der Waals surface area contributed by atoms with Crippen LogP contribution in [0.1, 0.15) is 5.56 Å². The van der Waals surface area contributed by atoms with Gasteiger partial charge in [0.1, 0.15) is 0 Å². The Hall–Kier alpha value is -2.52. The topological polar surface area (TPSA) is 48.0 Å². The van der Waals surface area contributed by atoms with E-state index in [9.17, 15) is 0 Å². The average Bonchev–Trinajstić information content (AvgIpc) is 2.99. The molecule has 3 N–H and O–H groups in total. The first-order valence-corrected chi connectivity index (χ1v) is 7.07. The molecule has 106 valence electrons. The molecule has 1 aromatic heterocycles. The third kappa shape index (κ3) is 2.98. The van der Waals surface area contributed by atoms with Crippen molar-refractivity contribution >= 4 is 11.4 Å². The zero-order chi connectivity index (χ0) is 14.5. The van der Waals surface area contributed by atoms with E-state index in [2.05, 4.69) is 22.4 Å². The number of benzene rings is 2. The number of H-pyrrole nitrogens is 1. The summed E-state index contributed by atoms with van der Waals surface area (Å²) in [6.07, 6.45) is 2.58. The monoisotopic (exact) mass is 278 g/mol. The molecule has 0 atom stereocenters. The van der Waals surface area contributed by atoms with Gasteiger partial charge in [0.05, 0.1) is 11.4 Å². The van der Waals surface area contributed by atoms with Crippen molar-refractivity contribution in [3.63, 3.8) is 0 Å². The van der Waals surface area contributed by atoms with Gasteiger partial charge in [-0.3, -0.25) is 0 Å². The molecule has 1 heterocycles. The van der Waals surface area contributed by atoms with Crippen LogP contribution in [0.15, 0.2) is 66.9 Å². The number of aliphatic hydroxyl groups excluding tert-OH is 1. The van der Waals surface area contributed by atoms with E-state index in [0.717, 1.165) is 28.2 Å². The van der Waals surface area contributed by atoms with Crippen molar-refractivity contribution in [2.45, 2.75) is 6.42 Å². The smallest absolute Gasteiger partial charge is 0.0693 e. The molecule has 0 spiro atoms. The van der Waals surface area contributed by atoms with Crippen molar-refractivity contribution in [1.82, 2.24) is 4.98 Å². The predicted molar refractivity (Wildman–Crippen MR) is 86.7 cm³/mol. The summed E-state index contributed by atoms with van der Waals surface area (Å²) in [5.41, 5.74) is 5.38. The summed E-state index contributed by atoms with van der Waals surface area (Å²) in [5, 5.41) is 12.6. The first kappa shape index (κ1) is 13.5. The van der Waals surface area contributed by atoms with E-state index in [1.807, 2.05) is 54.7 Å². The maximum absolute atomic E-state index is 9.17. The minimum absolute atomic E-state index is 0.150. The van der Waals surface area contributed by atoms with E-state index >= 15 is 0 Å². The second kappa shape index (κ2) is 6.29. The highest BCUT2D eigenvalue weighted by Gasteiger charge is 2.08. The van der Waals surface area contributed by atoms with Gasteiger partial charge in [-0.1, -0.05) is 48.5 Å². The molecule has 0 aliphatic heterocycles. The Balaban J connectivity index is 1.92. The third-order valence-electron chi connectivity index (χ3n) is 3.48. The fourth-order valence-electron chi connectivity index (χ4n) is 2.44. The molecule has 0 unspecified atom stereocenters. The Bertz CT molecular complexity index is 704. The van der Waals surface area contributed by atoms with Crippen molar-refractivity contribution in [3.8, 4) is 11.3 Å². The highest BCUT2D eigenvalue weighted by molar-refractivity contribution is 5.79. The van der Waals surface area contributed by atoms with Gasteiger partial charge in [0.2, 0.25) is 0 Å². The Labute approximate surface area is 124 Å². The van der Waals surface area contributed by atoms with E-state index in [-0.39, 0.29) is 6.61 Å². The number of rotatable bonds is 5. The molecule has 3 heteroatoms. The van der Waals surface area contributed by atoms with Gasteiger partial charge in [0, 0.05) is 24.1 Å². The van der Waals surface area contributed by atoms with Gasteiger partial charge in [-0.2, -0.15) is 0 Å². The maximum atomic E-state index is 9.17. The van der Waals surface area contributed by atoms with Crippen molar-refractivity contribution in [2.75, 3.05) is 11.9 Å². The number of anilines is 2. The Kier molecular flexibility index (Phi) is 4.03. The molecule has 0 amide bonds. The summed E-state index contributed by atoms with van der Waals surface area (Å²) >= 11 is 0. The van der Waals surface area contributed by atoms with Crippen LogP contribution in [0.2, 0.25) is 0 Å². The van der Waals surface area contributed by atoms with Gasteiger partial charge in [0.25, 0.3) is 0 Å². The Morgan fingerprint density at radius 3 is 2.43 bits per heavy atom. The molecule has 3 nitrogen and oxygen atoms in total. The number of aliphatic hydroxyl groups is 1. The van der Waals surface area contributed by atoms with Crippen LogP contribution in [0.3, 0.4) is 0 Å². The minimum atomic E-state index is 0.150. The van der Waals surface area contributed by atoms with Crippen LogP contribution < -0.4 is 5.32 Å². The van der Waals surface area contributed by atoms with Crippen LogP contribution in [-0.2, 0) is 6.42 Å². The molecule has 0 aliphatic rings. The van der Waals surface area contributed by atoms with Crippen molar-refractivity contribution in [2.24, 2.45) is 0 Å². The quantitative estimate of drug-likeness (QED) is 0.661. The largest absolute Gasteiger partial charge is 0.396 e. The van der Waals surface area contributed by atoms with Gasteiger partial charge in [-0.25, -0.2) is 0 Å². The number of hydrogen-bond acceptors (Lipinski definition) is 2. The Morgan fingerprint density at radius 1 is 0.857 bits per heavy atom. The predicted octanol–water partition coefficient (Wildman–Crippen LogP) is 3.96. The third-order valence-corrected chi connectivity index (χ3v) is 3.48. The maximum Gasteiger partial charge on any atom is 0.0693 e. The number of hydrogen-bond donors (Lipinski definition) is 3. The number of aromatic amines is 1. The Morgan fingerprint density at radius 2 is 1.62 bits per heavy atom. The summed E-state index contributed by atoms with van der Waals surface area (Å²) in [5.74, 6) is 0. The highest BCUT2D eigenvalue weighted by atomic mass is 16.2. The molecule has 3 rings (SSSR count). The van der Waals surface area contributed by atoms with E-state index < -0.39 is 0 Å². The highest BCUT2D eigenvalue weighted by Crippen LogP contribution is 2.30. The first-order chi connectivity index (χ1) is 10.4. The lowest BCUT2D eigenvalue weighted by Gasteiger charge is -2.12. The van der Waals surface area contributed by atoms with Crippen LogP contribution in [0.25, 0.3) is 11.3 Å². The summed E-state index contributed by atoms with van der Waals surface area (Å²) in [6.45, 7) is 0.150. The zero-order valence-corrected chi connectivity index (χ0v) is 11.7. The lowest BCUT2D eigenvalue weighted by atomic mass is 10.1. The molecule has 0 fully saturated rings. The van der Waals surface area contributed by atoms with Crippen molar-refractivity contribution < 1.29 is 5.11 Å². The fraction of sp³-hybridized carbons (Fsp3) is 0.111. The van der Waals surface area contributed by atoms with E-state index in [4.69, 9.17) is 5.11 Å². The number of nitrogens with one attached hydrogen (secondary N) is 2. The van der Waals surface area contributed by atoms with Crippen LogP contribution in [0, 0.1) is 0 Å². The van der Waals surface area contributed by atoms with Crippen LogP contribution in [0.5, 0.6) is 0 Å². The molecule has 0 saturated carbocycles. The van der Waals surface area contributed by atoms with Crippen LogP contribution in [-0.4, -0.2) is 16.7 Å². The summed E-state index contributed by atoms with van der Waals surface area (Å²) in [7, 11) is 0. The van der Waals surface area contributed by atoms with Gasteiger partial charge >= 0.3 is 0 Å². The second-order valence-electron chi connectivity index (χ2n) is 4.89. The van der Waals surface area contributed by atoms with Gasteiger partial charge in [0.15, 0.2) is 0 Å². The summed E-state index contributed by atoms with van der Waals surface area (Å²) < 4.78 is 0. The lowest BCUT2D eigenvalue weighted by Crippen LogP contribution is -1.98. The number of aromatic nitrogens is 1. The zero-order valence-electron chi connectivity index (χ0n) is 11.7. The molecular formula is C18H18N2O. The van der Waals surface area contributed by atoms with Crippen molar-refractivity contribution in [3.05, 3.63) is 72.4 Å². The molecule has 0 saturated heterocycles. The standard InChI is InChI=1S/C18H18N2O/c21-13-11-14-6-4-5-9-16(14)20-17-10-12-19-18(17)15-7-2-1-3-8-15/h1-10,12,19-21H,11,13H2. The van der Waals surface area contributed by atoms with E-state index in [1.54, 1.807) is 0 Å². The molecule has 2 aromatic carbocycles. The minimum Gasteiger partial charge on any atom is -0.396 e. The van der Waals surface area contributed by atoms with Gasteiger partial charge in [-0.05, 0) is 24.1 Å². The number of para-hydroxylation sites is 1. The lowest BCUT2D eigenvalue weighted by molar-refractivity contribution is 0.300. The summed E-state index contributed by atoms with van der Waals surface area (Å²) in [4.78, 5) is 3.28. The van der Waals surface area contributed by atoms with Crippen LogP contribution >= 0.6 is 0 Å². The van der Waals surface area contributed by atoms with E-state index in [1.165, 1.54) is 0 Å². The molecule has 3 aromatic rings. The van der Waals surface area contributed by atoms with Gasteiger partial charge < -0.3 is 15.4 Å². The van der Waals surface area contributed by atoms with Gasteiger partial charge in [-0.15, -0.1) is 0 Å². The normalized spacial score (nSPS) is 10.5. The van der Waals surface area contributed by atoms with E-state index in [0.29, 0.717) is 6.42 Å². The molecule has 0 radical (unpaired) electrons. The first-order valence-electron chi connectivity index (χ1n) is 7.07. The average molecular weight is 278 g/mol. The van der Waals surface area contributed by atoms with Crippen LogP contribution in [0.4, 0.5) is 11.4 Å². The summed E-state index contributed by atoms with van der Waals surface area (Å²) in [6, 6.07) is 20.3. The second-order valence-corrected chi connectivity index (χ2v) is 4.89. The molecule has 0 aliphatic carbocycles. The fourth-order valence-corrected chi connectivity index (χ4v) is 2.44. The molecule has 0 bridgehead atoms. The molecular weight excluding hydrogens is 260 g/mol.